The van der Waals surface area contributed by atoms with E-state index in [0.29, 0.717) is 12.5 Å². The Morgan fingerprint density at radius 1 is 1.14 bits per heavy atom. The second-order valence-electron chi connectivity index (χ2n) is 5.96. The minimum atomic E-state index is -3.35. The summed E-state index contributed by atoms with van der Waals surface area (Å²) in [5.41, 5.74) is -1.14. The number of aliphatic hydroxyl groups is 1. The molecule has 0 fully saturated rings. The van der Waals surface area contributed by atoms with Gasteiger partial charge in [0, 0.05) is 11.1 Å². The number of hydrogen-bond donors (Lipinski definition) is 4. The van der Waals surface area contributed by atoms with Crippen molar-refractivity contribution in [1.82, 2.24) is 10.8 Å². The highest BCUT2D eigenvalue weighted by Gasteiger charge is 2.46. The van der Waals surface area contributed by atoms with Crippen LogP contribution in [0.2, 0.25) is 0 Å². The molecule has 2 aromatic rings. The third-order valence-electron chi connectivity index (χ3n) is 3.80. The fraction of sp³-hybridized carbons (Fsp3) is 0.200. The normalized spacial score (nSPS) is 13.2. The lowest BCUT2D eigenvalue weighted by molar-refractivity contribution is -0.149. The van der Waals surface area contributed by atoms with Gasteiger partial charge >= 0.3 is 0 Å². The van der Waals surface area contributed by atoms with Crippen molar-refractivity contribution in [1.29, 1.82) is 0 Å². The maximum Gasteiger partial charge on any atom is 0.269 e. The molecular weight excluding hydrogens is 402 g/mol. The van der Waals surface area contributed by atoms with Gasteiger partial charge in [0.05, 0.1) is 4.88 Å². The molecular formula is C20H16F2N2O4S. The molecule has 6 nitrogen and oxygen atoms in total. The number of hydrogen-bond acceptors (Lipinski definition) is 5. The second-order valence-corrected chi connectivity index (χ2v) is 6.91. The lowest BCUT2D eigenvalue weighted by atomic mass is 9.95. The number of carbonyl (C=O) groups is 2. The number of thiophene rings is 1. The molecule has 29 heavy (non-hydrogen) atoms. The van der Waals surface area contributed by atoms with E-state index in [0.717, 1.165) is 10.4 Å². The molecule has 0 aliphatic rings. The Bertz CT molecular complexity index is 981. The minimum Gasteiger partial charge on any atom is -0.381 e. The van der Waals surface area contributed by atoms with Crippen LogP contribution < -0.4 is 10.8 Å². The summed E-state index contributed by atoms with van der Waals surface area (Å²) in [4.78, 5) is 24.8. The van der Waals surface area contributed by atoms with E-state index in [4.69, 9.17) is 5.21 Å². The maximum atomic E-state index is 13.0. The molecule has 2 rings (SSSR count). The number of rotatable bonds is 5. The molecule has 1 heterocycles. The molecule has 0 radical (unpaired) electrons. The smallest absolute Gasteiger partial charge is 0.269 e. The molecule has 2 amide bonds. The van der Waals surface area contributed by atoms with Gasteiger partial charge in [-0.3, -0.25) is 14.8 Å². The monoisotopic (exact) mass is 418 g/mol. The summed E-state index contributed by atoms with van der Waals surface area (Å²) in [6.45, 7) is 0.674. The molecule has 0 bridgehead atoms. The van der Waals surface area contributed by atoms with Crippen LogP contribution in [0.5, 0.6) is 0 Å². The van der Waals surface area contributed by atoms with Crippen molar-refractivity contribution in [3.05, 3.63) is 57.8 Å². The highest BCUT2D eigenvalue weighted by Crippen LogP contribution is 2.20. The van der Waals surface area contributed by atoms with E-state index < -0.39 is 29.9 Å². The van der Waals surface area contributed by atoms with E-state index in [-0.39, 0.29) is 5.56 Å². The summed E-state index contributed by atoms with van der Waals surface area (Å²) in [5.74, 6) is 8.77. The first-order valence-electron chi connectivity index (χ1n) is 8.16. The SMILES string of the molecule is CC(O)(C(F)F)[C@H](NC(=O)c1ccc(C#CC#Cc2cccs2)cc1)C(=O)NO. The summed E-state index contributed by atoms with van der Waals surface area (Å²) in [6.07, 6.45) is -3.35. The zero-order chi connectivity index (χ0) is 21.4. The fourth-order valence-electron chi connectivity index (χ4n) is 2.13. The van der Waals surface area contributed by atoms with Crippen molar-refractivity contribution in [3.8, 4) is 23.7 Å². The van der Waals surface area contributed by atoms with Gasteiger partial charge in [-0.25, -0.2) is 14.3 Å². The predicted molar refractivity (Wildman–Crippen MR) is 102 cm³/mol. The van der Waals surface area contributed by atoms with Crippen LogP contribution in [0, 0.1) is 23.7 Å². The molecule has 0 aliphatic heterocycles. The van der Waals surface area contributed by atoms with Gasteiger partial charge in [-0.05, 0) is 60.4 Å². The van der Waals surface area contributed by atoms with E-state index in [1.54, 1.807) is 0 Å². The molecule has 150 valence electrons. The van der Waals surface area contributed by atoms with Crippen molar-refractivity contribution < 1.29 is 28.7 Å². The van der Waals surface area contributed by atoms with Crippen molar-refractivity contribution in [2.75, 3.05) is 0 Å². The van der Waals surface area contributed by atoms with Crippen molar-refractivity contribution in [3.63, 3.8) is 0 Å². The quantitative estimate of drug-likeness (QED) is 0.338. The Morgan fingerprint density at radius 2 is 1.79 bits per heavy atom. The van der Waals surface area contributed by atoms with Crippen LogP contribution in [0.25, 0.3) is 0 Å². The molecule has 0 saturated heterocycles. The Morgan fingerprint density at radius 3 is 2.34 bits per heavy atom. The Balaban J connectivity index is 2.10. The van der Waals surface area contributed by atoms with Crippen LogP contribution >= 0.6 is 11.3 Å². The molecule has 0 saturated carbocycles. The van der Waals surface area contributed by atoms with Gasteiger partial charge in [-0.2, -0.15) is 0 Å². The van der Waals surface area contributed by atoms with Crippen molar-refractivity contribution >= 4 is 23.2 Å². The average Bonchev–Trinajstić information content (AvgIpc) is 3.22. The zero-order valence-electron chi connectivity index (χ0n) is 15.1. The van der Waals surface area contributed by atoms with Gasteiger partial charge in [0.2, 0.25) is 0 Å². The number of alkyl halides is 2. The van der Waals surface area contributed by atoms with Crippen molar-refractivity contribution in [2.24, 2.45) is 0 Å². The van der Waals surface area contributed by atoms with Gasteiger partial charge < -0.3 is 10.4 Å². The van der Waals surface area contributed by atoms with Crippen LogP contribution in [0.15, 0.2) is 41.8 Å². The number of nitrogens with one attached hydrogen (secondary N) is 2. The molecule has 2 atom stereocenters. The Labute approximate surface area is 169 Å². The summed E-state index contributed by atoms with van der Waals surface area (Å²) in [5, 5.41) is 22.4. The molecule has 9 heteroatoms. The first kappa shape index (κ1) is 22.1. The number of hydroxylamine groups is 1. The summed E-state index contributed by atoms with van der Waals surface area (Å²) < 4.78 is 26.0. The van der Waals surface area contributed by atoms with E-state index in [1.807, 2.05) is 22.8 Å². The number of benzene rings is 1. The van der Waals surface area contributed by atoms with Crippen LogP contribution in [0.3, 0.4) is 0 Å². The molecule has 1 aromatic carbocycles. The molecule has 1 aromatic heterocycles. The van der Waals surface area contributed by atoms with Crippen LogP contribution in [0.4, 0.5) is 8.78 Å². The first-order valence-corrected chi connectivity index (χ1v) is 9.04. The topological polar surface area (TPSA) is 98.7 Å². The summed E-state index contributed by atoms with van der Waals surface area (Å²) >= 11 is 1.49. The summed E-state index contributed by atoms with van der Waals surface area (Å²) in [7, 11) is 0. The average molecular weight is 418 g/mol. The number of carbonyl (C=O) groups excluding carboxylic acids is 2. The standard InChI is InChI=1S/C20H16F2N2O4S/c1-20(27,19(21)22)16(18(26)24-28)23-17(25)14-10-8-13(9-11-14)5-2-3-6-15-7-4-12-29-15/h4,7-12,16,19,27-28H,1H3,(H,23,25)(H,24,26)/t16-,20?/m1/s1. The fourth-order valence-corrected chi connectivity index (χ4v) is 2.70. The zero-order valence-corrected chi connectivity index (χ0v) is 15.9. The van der Waals surface area contributed by atoms with Gasteiger partial charge in [0.1, 0.15) is 6.04 Å². The second kappa shape index (κ2) is 9.80. The molecule has 0 spiro atoms. The third kappa shape index (κ3) is 5.87. The third-order valence-corrected chi connectivity index (χ3v) is 4.58. The van der Waals surface area contributed by atoms with Crippen LogP contribution in [0.1, 0.15) is 27.7 Å². The van der Waals surface area contributed by atoms with Crippen molar-refractivity contribution in [2.45, 2.75) is 25.0 Å². The highest BCUT2D eigenvalue weighted by molar-refractivity contribution is 7.10. The lowest BCUT2D eigenvalue weighted by Gasteiger charge is -2.30. The van der Waals surface area contributed by atoms with E-state index in [9.17, 15) is 23.5 Å². The van der Waals surface area contributed by atoms with E-state index in [2.05, 4.69) is 23.7 Å². The molecule has 0 aliphatic carbocycles. The number of halogens is 2. The maximum absolute atomic E-state index is 13.0. The largest absolute Gasteiger partial charge is 0.381 e. The van der Waals surface area contributed by atoms with E-state index in [1.165, 1.54) is 35.6 Å². The Kier molecular flexibility index (Phi) is 7.46. The first-order chi connectivity index (χ1) is 13.8. The van der Waals surface area contributed by atoms with Gasteiger partial charge in [0.15, 0.2) is 5.60 Å². The number of amides is 2. The van der Waals surface area contributed by atoms with Gasteiger partial charge in [0.25, 0.3) is 18.2 Å². The minimum absolute atomic E-state index is 0.0426. The molecule has 1 unspecified atom stereocenters. The Hall–Kier alpha value is -3.24. The molecule has 4 N–H and O–H groups in total. The van der Waals surface area contributed by atoms with Gasteiger partial charge in [-0.1, -0.05) is 12.0 Å². The van der Waals surface area contributed by atoms with Gasteiger partial charge in [-0.15, -0.1) is 11.3 Å². The van der Waals surface area contributed by atoms with Crippen LogP contribution in [-0.2, 0) is 4.79 Å². The van der Waals surface area contributed by atoms with Crippen LogP contribution in [-0.4, -0.2) is 40.2 Å². The predicted octanol–water partition coefficient (Wildman–Crippen LogP) is 1.77. The highest BCUT2D eigenvalue weighted by atomic mass is 32.1. The lowest BCUT2D eigenvalue weighted by Crippen LogP contribution is -2.61. The van der Waals surface area contributed by atoms with E-state index >= 15 is 0 Å². The summed E-state index contributed by atoms with van der Waals surface area (Å²) in [6, 6.07) is 7.44.